The minimum Gasteiger partial charge on any atom is -0.466 e. The van der Waals surface area contributed by atoms with Crippen LogP contribution in [0, 0.1) is 0 Å². The highest BCUT2D eigenvalue weighted by molar-refractivity contribution is 8.26. The molecule has 0 saturated carbocycles. The third-order valence-electron chi connectivity index (χ3n) is 4.12. The molecule has 162 valence electrons. The fourth-order valence-electron chi connectivity index (χ4n) is 2.70. The largest absolute Gasteiger partial charge is 0.466 e. The van der Waals surface area contributed by atoms with Crippen LogP contribution in [0.1, 0.15) is 18.1 Å². The summed E-state index contributed by atoms with van der Waals surface area (Å²) in [5, 5.41) is 2.44. The van der Waals surface area contributed by atoms with Gasteiger partial charge < -0.3 is 10.1 Å². The third kappa shape index (κ3) is 6.60. The fraction of sp³-hybridized carbons (Fsp3) is 0.190. The monoisotopic (exact) mass is 514 g/mol. The van der Waals surface area contributed by atoms with E-state index in [1.165, 1.54) is 18.7 Å². The van der Waals surface area contributed by atoms with Crippen molar-refractivity contribution in [3.63, 3.8) is 0 Å². The van der Waals surface area contributed by atoms with Gasteiger partial charge in [-0.05, 0) is 29.3 Å². The van der Waals surface area contributed by atoms with Crippen LogP contribution in [0.15, 0.2) is 59.5 Å². The van der Waals surface area contributed by atoms with Crippen LogP contribution < -0.4 is 10.1 Å². The van der Waals surface area contributed by atoms with E-state index in [1.807, 2.05) is 30.3 Å². The molecule has 0 aliphatic carbocycles. The van der Waals surface area contributed by atoms with Crippen LogP contribution in [0.5, 0.6) is 5.75 Å². The lowest BCUT2D eigenvalue weighted by atomic mass is 10.2. The Morgan fingerprint density at radius 1 is 1.19 bits per heavy atom. The first-order chi connectivity index (χ1) is 14.6. The van der Waals surface area contributed by atoms with Gasteiger partial charge in [0.05, 0.1) is 11.4 Å². The number of nitrogens with one attached hydrogen (secondary N) is 1. The van der Waals surface area contributed by atoms with Crippen molar-refractivity contribution in [3.8, 4) is 5.75 Å². The van der Waals surface area contributed by atoms with Gasteiger partial charge in [-0.15, -0.1) is 0 Å². The highest BCUT2D eigenvalue weighted by Gasteiger charge is 2.35. The number of carbonyl (C=O) groups excluding carboxylic acids is 2. The molecule has 2 aromatic carbocycles. The van der Waals surface area contributed by atoms with Gasteiger partial charge in [0.15, 0.2) is 0 Å². The van der Waals surface area contributed by atoms with E-state index in [9.17, 15) is 9.59 Å². The maximum absolute atomic E-state index is 12.8. The molecule has 0 bridgehead atoms. The summed E-state index contributed by atoms with van der Waals surface area (Å²) < 4.78 is 4.25. The van der Waals surface area contributed by atoms with Crippen LogP contribution in [0.4, 0.5) is 0 Å². The van der Waals surface area contributed by atoms with E-state index in [-0.39, 0.29) is 5.91 Å². The van der Waals surface area contributed by atoms with Crippen molar-refractivity contribution < 1.29 is 14.3 Å². The second-order valence-electron chi connectivity index (χ2n) is 6.56. The zero-order valence-corrected chi connectivity index (χ0v) is 20.1. The van der Waals surface area contributed by atoms with Gasteiger partial charge in [0.25, 0.3) is 5.91 Å². The van der Waals surface area contributed by atoms with Crippen molar-refractivity contribution in [3.05, 3.63) is 70.6 Å². The molecule has 0 radical (unpaired) electrons. The lowest BCUT2D eigenvalue weighted by Crippen LogP contribution is -2.47. The molecule has 31 heavy (non-hydrogen) atoms. The Morgan fingerprint density at radius 2 is 1.84 bits per heavy atom. The number of rotatable bonds is 6. The lowest BCUT2D eigenvalue weighted by molar-refractivity contribution is -0.123. The van der Waals surface area contributed by atoms with Crippen LogP contribution in [0.2, 0.25) is 0 Å². The molecule has 1 N–H and O–H groups in total. The molecule has 0 spiro atoms. The van der Waals surface area contributed by atoms with Crippen LogP contribution in [-0.4, -0.2) is 31.1 Å². The third-order valence-corrected chi connectivity index (χ3v) is 6.09. The summed E-state index contributed by atoms with van der Waals surface area (Å²) in [6.45, 7) is 1.72. The number of halogens is 3. The van der Waals surface area contributed by atoms with E-state index in [2.05, 4.69) is 5.32 Å². The number of hydrogen-bond donors (Lipinski definition) is 1. The molecule has 0 unspecified atom stereocenters. The number of ether oxygens (including phenoxy) is 1. The van der Waals surface area contributed by atoms with Gasteiger partial charge in [-0.25, -0.2) is 0 Å². The minimum atomic E-state index is -1.85. The Kier molecular flexibility index (Phi) is 7.88. The summed E-state index contributed by atoms with van der Waals surface area (Å²) in [5.74, 6) is -0.148. The molecule has 2 aromatic rings. The number of thioether (sulfide) groups is 1. The summed E-state index contributed by atoms with van der Waals surface area (Å²) in [6.07, 6.45) is 0.601. The Hall–Kier alpha value is -1.77. The summed E-state index contributed by atoms with van der Waals surface area (Å²) >= 11 is 24.2. The normalized spacial score (nSPS) is 16.5. The molecular formula is C21H17Cl3N2O3S2. The van der Waals surface area contributed by atoms with Crippen molar-refractivity contribution in [1.29, 1.82) is 0 Å². The molecule has 2 amide bonds. The zero-order chi connectivity index (χ0) is 22.6. The topological polar surface area (TPSA) is 58.6 Å². The van der Waals surface area contributed by atoms with Gasteiger partial charge in [0.2, 0.25) is 15.9 Å². The second kappa shape index (κ2) is 10.2. The van der Waals surface area contributed by atoms with Crippen molar-refractivity contribution in [2.75, 3.05) is 0 Å². The van der Waals surface area contributed by atoms with Crippen molar-refractivity contribution in [2.24, 2.45) is 0 Å². The fourth-order valence-corrected chi connectivity index (χ4v) is 4.25. The molecule has 1 saturated heterocycles. The molecule has 1 atom stereocenters. The summed E-state index contributed by atoms with van der Waals surface area (Å²) in [4.78, 5) is 26.2. The predicted octanol–water partition coefficient (Wildman–Crippen LogP) is 5.30. The zero-order valence-electron chi connectivity index (χ0n) is 16.2. The number of benzene rings is 2. The first-order valence-electron chi connectivity index (χ1n) is 9.03. The second-order valence-corrected chi connectivity index (χ2v) is 10.6. The quantitative estimate of drug-likeness (QED) is 0.245. The van der Waals surface area contributed by atoms with Gasteiger partial charge in [-0.3, -0.25) is 14.5 Å². The SMILES string of the molecule is CC(=O)N[C@H](Oc1ccc(/C=C2/SC(=S)N(Cc3ccccc3)C2=O)cc1)C(Cl)(Cl)Cl. The predicted molar refractivity (Wildman–Crippen MR) is 130 cm³/mol. The summed E-state index contributed by atoms with van der Waals surface area (Å²) in [6, 6.07) is 16.5. The molecule has 1 aliphatic heterocycles. The Bertz CT molecular complexity index is 1010. The molecule has 1 fully saturated rings. The molecule has 1 heterocycles. The highest BCUT2D eigenvalue weighted by atomic mass is 35.6. The smallest absolute Gasteiger partial charge is 0.266 e. The van der Waals surface area contributed by atoms with E-state index in [0.29, 0.717) is 21.5 Å². The molecule has 5 nitrogen and oxygen atoms in total. The number of nitrogens with zero attached hydrogens (tertiary/aromatic N) is 1. The van der Waals surface area contributed by atoms with E-state index < -0.39 is 15.9 Å². The number of hydrogen-bond acceptors (Lipinski definition) is 5. The Labute approximate surface area is 204 Å². The Balaban J connectivity index is 1.70. The van der Waals surface area contributed by atoms with Crippen molar-refractivity contribution >= 4 is 81.0 Å². The highest BCUT2D eigenvalue weighted by Crippen LogP contribution is 2.34. The van der Waals surface area contributed by atoms with E-state index in [0.717, 1.165) is 11.1 Å². The molecule has 3 rings (SSSR count). The van der Waals surface area contributed by atoms with Gasteiger partial charge in [0, 0.05) is 6.92 Å². The number of alkyl halides is 3. The van der Waals surface area contributed by atoms with Crippen molar-refractivity contribution in [1.82, 2.24) is 10.2 Å². The van der Waals surface area contributed by atoms with Gasteiger partial charge in [-0.1, -0.05) is 101 Å². The van der Waals surface area contributed by atoms with Crippen LogP contribution >= 0.6 is 58.8 Å². The lowest BCUT2D eigenvalue weighted by Gasteiger charge is -2.25. The summed E-state index contributed by atoms with van der Waals surface area (Å²) in [7, 11) is 0. The molecular weight excluding hydrogens is 499 g/mol. The minimum absolute atomic E-state index is 0.138. The summed E-state index contributed by atoms with van der Waals surface area (Å²) in [5.41, 5.74) is 1.78. The van der Waals surface area contributed by atoms with Gasteiger partial charge in [0.1, 0.15) is 10.1 Å². The van der Waals surface area contributed by atoms with Gasteiger partial charge >= 0.3 is 0 Å². The molecule has 10 heteroatoms. The number of carbonyl (C=O) groups is 2. The Morgan fingerprint density at radius 3 is 2.42 bits per heavy atom. The number of amides is 2. The van der Waals surface area contributed by atoms with E-state index in [4.69, 9.17) is 51.8 Å². The van der Waals surface area contributed by atoms with Gasteiger partial charge in [-0.2, -0.15) is 0 Å². The van der Waals surface area contributed by atoms with E-state index >= 15 is 0 Å². The number of thiocarbonyl (C=S) groups is 1. The van der Waals surface area contributed by atoms with E-state index in [1.54, 1.807) is 35.2 Å². The maximum Gasteiger partial charge on any atom is 0.266 e. The average Bonchev–Trinajstić information content (AvgIpc) is 2.96. The first-order valence-corrected chi connectivity index (χ1v) is 11.4. The average molecular weight is 516 g/mol. The maximum atomic E-state index is 12.8. The first kappa shape index (κ1) is 23.9. The molecule has 1 aliphatic rings. The van der Waals surface area contributed by atoms with Crippen LogP contribution in [0.3, 0.4) is 0 Å². The van der Waals surface area contributed by atoms with Crippen LogP contribution in [-0.2, 0) is 16.1 Å². The van der Waals surface area contributed by atoms with Crippen molar-refractivity contribution in [2.45, 2.75) is 23.5 Å². The standard InChI is InChI=1S/C21H17Cl3N2O3S2/c1-13(27)25-19(21(22,23)24)29-16-9-7-14(8-10-16)11-17-18(28)26(20(30)31-17)12-15-5-3-2-4-6-15/h2-11,19H,12H2,1H3,(H,25,27)/b17-11+/t19-/m1/s1. The van der Waals surface area contributed by atoms with Crippen LogP contribution in [0.25, 0.3) is 6.08 Å². The molecule has 0 aromatic heterocycles.